The molecule has 1 saturated heterocycles. The lowest BCUT2D eigenvalue weighted by Gasteiger charge is -2.24. The van der Waals surface area contributed by atoms with Gasteiger partial charge in [-0.15, -0.1) is 0 Å². The fraction of sp³-hybridized carbons (Fsp3) is 0.625. The number of nitrogens with zero attached hydrogens (tertiary/aromatic N) is 1. The van der Waals surface area contributed by atoms with Gasteiger partial charge < -0.3 is 5.32 Å². The summed E-state index contributed by atoms with van der Waals surface area (Å²) in [6.07, 6.45) is 2.36. The van der Waals surface area contributed by atoms with Crippen molar-refractivity contribution in [2.45, 2.75) is 51.7 Å². The molecule has 1 fully saturated rings. The molecule has 0 saturated carbocycles. The van der Waals surface area contributed by atoms with Crippen LogP contribution in [-0.4, -0.2) is 30.1 Å². The monoisotopic (exact) mass is 280 g/mol. The van der Waals surface area contributed by atoms with Crippen molar-refractivity contribution >= 4 is 11.6 Å². The Bertz CT molecular complexity index is 388. The van der Waals surface area contributed by atoms with Gasteiger partial charge in [0.1, 0.15) is 0 Å². The molecular weight excluding hydrogens is 256 g/mol. The minimum absolute atomic E-state index is 0.439. The van der Waals surface area contributed by atoms with Gasteiger partial charge in [0.15, 0.2) is 0 Å². The molecule has 0 aliphatic carbocycles. The molecule has 2 nitrogen and oxygen atoms in total. The first kappa shape index (κ1) is 14.8. The predicted octanol–water partition coefficient (Wildman–Crippen LogP) is 3.86. The van der Waals surface area contributed by atoms with Gasteiger partial charge >= 0.3 is 0 Å². The van der Waals surface area contributed by atoms with Crippen LogP contribution in [0, 0.1) is 0 Å². The molecule has 19 heavy (non-hydrogen) atoms. The van der Waals surface area contributed by atoms with Crippen LogP contribution in [0.2, 0.25) is 5.02 Å². The van der Waals surface area contributed by atoms with E-state index in [0.717, 1.165) is 11.4 Å². The van der Waals surface area contributed by atoms with E-state index in [1.165, 1.54) is 25.1 Å². The van der Waals surface area contributed by atoms with Crippen molar-refractivity contribution in [3.8, 4) is 0 Å². The Hall–Kier alpha value is -0.570. The highest BCUT2D eigenvalue weighted by Crippen LogP contribution is 2.22. The molecule has 1 aliphatic heterocycles. The lowest BCUT2D eigenvalue weighted by atomic mass is 10.0. The molecule has 0 spiro atoms. The Balaban J connectivity index is 1.95. The Morgan fingerprint density at radius 2 is 2.00 bits per heavy atom. The third-order valence-corrected chi connectivity index (χ3v) is 4.32. The van der Waals surface area contributed by atoms with Crippen molar-refractivity contribution in [1.29, 1.82) is 0 Å². The van der Waals surface area contributed by atoms with Gasteiger partial charge in [0, 0.05) is 29.7 Å². The van der Waals surface area contributed by atoms with Gasteiger partial charge in [-0.25, -0.2) is 0 Å². The van der Waals surface area contributed by atoms with Crippen molar-refractivity contribution in [3.05, 3.63) is 34.9 Å². The van der Waals surface area contributed by atoms with Gasteiger partial charge in [0.2, 0.25) is 0 Å². The summed E-state index contributed by atoms with van der Waals surface area (Å²) >= 11 is 5.96. The molecule has 0 aromatic heterocycles. The summed E-state index contributed by atoms with van der Waals surface area (Å²) in [6, 6.07) is 9.95. The summed E-state index contributed by atoms with van der Waals surface area (Å²) in [6.45, 7) is 9.17. The highest BCUT2D eigenvalue weighted by atomic mass is 35.5. The number of hydrogen-bond donors (Lipinski definition) is 1. The first-order valence-electron chi connectivity index (χ1n) is 7.35. The molecule has 0 amide bonds. The van der Waals surface area contributed by atoms with Gasteiger partial charge in [0.25, 0.3) is 0 Å². The summed E-state index contributed by atoms with van der Waals surface area (Å²) in [7, 11) is 0. The summed E-state index contributed by atoms with van der Waals surface area (Å²) in [4.78, 5) is 2.55. The van der Waals surface area contributed by atoms with E-state index in [2.05, 4.69) is 43.1 Å². The maximum absolute atomic E-state index is 5.96. The van der Waals surface area contributed by atoms with E-state index >= 15 is 0 Å². The van der Waals surface area contributed by atoms with Crippen LogP contribution in [0.3, 0.4) is 0 Å². The lowest BCUT2D eigenvalue weighted by Crippen LogP contribution is -2.37. The highest BCUT2D eigenvalue weighted by Gasteiger charge is 2.25. The summed E-state index contributed by atoms with van der Waals surface area (Å²) < 4.78 is 0. The van der Waals surface area contributed by atoms with E-state index in [4.69, 9.17) is 11.6 Å². The van der Waals surface area contributed by atoms with E-state index < -0.39 is 0 Å². The predicted molar refractivity (Wildman–Crippen MR) is 82.7 cm³/mol. The van der Waals surface area contributed by atoms with Crippen LogP contribution in [0.5, 0.6) is 0 Å². The number of likely N-dealkylation sites (tertiary alicyclic amines) is 1. The Morgan fingerprint density at radius 3 is 2.53 bits per heavy atom. The van der Waals surface area contributed by atoms with E-state index in [9.17, 15) is 0 Å². The molecule has 1 aromatic carbocycles. The molecule has 2 unspecified atom stereocenters. The van der Waals surface area contributed by atoms with Crippen molar-refractivity contribution in [2.24, 2.45) is 0 Å². The Morgan fingerprint density at radius 1 is 1.32 bits per heavy atom. The van der Waals surface area contributed by atoms with Crippen LogP contribution in [0.15, 0.2) is 24.3 Å². The molecule has 1 heterocycles. The molecule has 1 aromatic rings. The minimum Gasteiger partial charge on any atom is -0.306 e. The Kier molecular flexibility index (Phi) is 5.26. The third kappa shape index (κ3) is 3.95. The van der Waals surface area contributed by atoms with Crippen molar-refractivity contribution in [3.63, 3.8) is 0 Å². The molecule has 1 N–H and O–H groups in total. The smallest absolute Gasteiger partial charge is 0.0406 e. The van der Waals surface area contributed by atoms with E-state index in [1.807, 2.05) is 12.1 Å². The zero-order valence-corrected chi connectivity index (χ0v) is 13.0. The number of halogens is 1. The van der Waals surface area contributed by atoms with E-state index in [-0.39, 0.29) is 0 Å². The number of rotatable bonds is 5. The van der Waals surface area contributed by atoms with Crippen molar-refractivity contribution in [1.82, 2.24) is 10.2 Å². The fourth-order valence-electron chi connectivity index (χ4n) is 2.82. The summed E-state index contributed by atoms with van der Waals surface area (Å²) in [5.74, 6) is 0. The first-order valence-corrected chi connectivity index (χ1v) is 7.73. The topological polar surface area (TPSA) is 15.3 Å². The Labute approximate surface area is 122 Å². The SMILES string of the molecule is CCC(NC1CCN(C(C)C)C1)c1ccc(Cl)cc1. The third-order valence-electron chi connectivity index (χ3n) is 4.07. The number of benzene rings is 1. The first-order chi connectivity index (χ1) is 9.10. The maximum Gasteiger partial charge on any atom is 0.0406 e. The van der Waals surface area contributed by atoms with Crippen LogP contribution in [-0.2, 0) is 0 Å². The highest BCUT2D eigenvalue weighted by molar-refractivity contribution is 6.30. The molecule has 106 valence electrons. The van der Waals surface area contributed by atoms with Gasteiger partial charge in [-0.3, -0.25) is 4.90 Å². The van der Waals surface area contributed by atoms with Crippen LogP contribution in [0.25, 0.3) is 0 Å². The largest absolute Gasteiger partial charge is 0.306 e. The second kappa shape index (κ2) is 6.74. The zero-order chi connectivity index (χ0) is 13.8. The van der Waals surface area contributed by atoms with E-state index in [0.29, 0.717) is 18.1 Å². The lowest BCUT2D eigenvalue weighted by molar-refractivity contribution is 0.265. The standard InChI is InChI=1S/C16H25ClN2/c1-4-16(13-5-7-14(17)8-6-13)18-15-9-10-19(11-15)12(2)3/h5-8,12,15-16,18H,4,9-11H2,1-3H3. The van der Waals surface area contributed by atoms with Crippen LogP contribution >= 0.6 is 11.6 Å². The zero-order valence-electron chi connectivity index (χ0n) is 12.2. The molecule has 2 rings (SSSR count). The second-order valence-corrected chi connectivity index (χ2v) is 6.19. The van der Waals surface area contributed by atoms with Crippen LogP contribution < -0.4 is 5.32 Å². The van der Waals surface area contributed by atoms with Crippen molar-refractivity contribution < 1.29 is 0 Å². The number of hydrogen-bond acceptors (Lipinski definition) is 2. The van der Waals surface area contributed by atoms with Gasteiger partial charge in [-0.05, 0) is 50.9 Å². The summed E-state index contributed by atoms with van der Waals surface area (Å²) in [5, 5.41) is 4.61. The fourth-order valence-corrected chi connectivity index (χ4v) is 2.95. The molecule has 0 radical (unpaired) electrons. The molecule has 2 atom stereocenters. The molecule has 3 heteroatoms. The number of nitrogens with one attached hydrogen (secondary N) is 1. The van der Waals surface area contributed by atoms with Crippen LogP contribution in [0.1, 0.15) is 45.2 Å². The molecule has 1 aliphatic rings. The van der Waals surface area contributed by atoms with E-state index in [1.54, 1.807) is 0 Å². The average Bonchev–Trinajstić information content (AvgIpc) is 2.86. The maximum atomic E-state index is 5.96. The molecule has 0 bridgehead atoms. The minimum atomic E-state index is 0.439. The second-order valence-electron chi connectivity index (χ2n) is 5.75. The summed E-state index contributed by atoms with van der Waals surface area (Å²) in [5.41, 5.74) is 1.34. The van der Waals surface area contributed by atoms with Gasteiger partial charge in [-0.1, -0.05) is 30.7 Å². The average molecular weight is 281 g/mol. The quantitative estimate of drug-likeness (QED) is 0.881. The van der Waals surface area contributed by atoms with Gasteiger partial charge in [-0.2, -0.15) is 0 Å². The van der Waals surface area contributed by atoms with Gasteiger partial charge in [0.05, 0.1) is 0 Å². The van der Waals surface area contributed by atoms with Crippen LogP contribution in [0.4, 0.5) is 0 Å². The molecular formula is C16H25ClN2. The normalized spacial score (nSPS) is 22.1. The van der Waals surface area contributed by atoms with Crippen molar-refractivity contribution in [2.75, 3.05) is 13.1 Å².